The summed E-state index contributed by atoms with van der Waals surface area (Å²) in [7, 11) is 0. The highest BCUT2D eigenvalue weighted by atomic mass is 19.1. The van der Waals surface area contributed by atoms with E-state index >= 15 is 0 Å². The highest BCUT2D eigenvalue weighted by Gasteiger charge is 2.12. The number of benzene rings is 2. The van der Waals surface area contributed by atoms with Gasteiger partial charge in [0.2, 0.25) is 0 Å². The van der Waals surface area contributed by atoms with Crippen LogP contribution in [-0.4, -0.2) is 16.7 Å². The number of ether oxygens (including phenoxy) is 1. The van der Waals surface area contributed by atoms with Gasteiger partial charge in [-0.2, -0.15) is 5.10 Å². The summed E-state index contributed by atoms with van der Waals surface area (Å²) in [6, 6.07) is 24.6. The smallest absolute Gasteiger partial charge is 0.307 e. The number of carbonyl (C=O) groups excluding carboxylic acids is 1. The van der Waals surface area contributed by atoms with Gasteiger partial charge < -0.3 is 18.1 Å². The molecule has 7 nitrogen and oxygen atoms in total. The van der Waals surface area contributed by atoms with Crippen molar-refractivity contribution in [2.45, 2.75) is 20.5 Å². The van der Waals surface area contributed by atoms with Gasteiger partial charge in [0.15, 0.2) is 5.76 Å². The summed E-state index contributed by atoms with van der Waals surface area (Å²) in [5.41, 5.74) is 6.39. The fourth-order valence-corrected chi connectivity index (χ4v) is 3.93. The van der Waals surface area contributed by atoms with Crippen molar-refractivity contribution in [2.75, 3.05) is 0 Å². The molecule has 37 heavy (non-hydrogen) atoms. The third kappa shape index (κ3) is 5.54. The van der Waals surface area contributed by atoms with Gasteiger partial charge in [-0.15, -0.1) is 0 Å². The lowest BCUT2D eigenvalue weighted by atomic mass is 10.2. The Kier molecular flexibility index (Phi) is 6.72. The molecule has 0 aliphatic rings. The number of hydrogen-bond donors (Lipinski definition) is 1. The van der Waals surface area contributed by atoms with Crippen molar-refractivity contribution in [3.8, 4) is 22.8 Å². The first-order valence-corrected chi connectivity index (χ1v) is 11.6. The Morgan fingerprint density at radius 1 is 0.973 bits per heavy atom. The second-order valence-corrected chi connectivity index (χ2v) is 8.41. The second-order valence-electron chi connectivity index (χ2n) is 8.41. The Morgan fingerprint density at radius 3 is 2.51 bits per heavy atom. The fourth-order valence-electron chi connectivity index (χ4n) is 3.93. The van der Waals surface area contributed by atoms with Gasteiger partial charge in [0, 0.05) is 22.6 Å². The van der Waals surface area contributed by atoms with E-state index < -0.39 is 5.91 Å². The molecule has 3 heterocycles. The average molecular weight is 498 g/mol. The van der Waals surface area contributed by atoms with Crippen LogP contribution in [0.15, 0.2) is 98.9 Å². The molecule has 0 atom stereocenters. The number of halogens is 1. The molecule has 0 radical (unpaired) electrons. The molecule has 0 fully saturated rings. The summed E-state index contributed by atoms with van der Waals surface area (Å²) < 4.78 is 32.6. The zero-order valence-electron chi connectivity index (χ0n) is 20.3. The molecule has 5 rings (SSSR count). The first kappa shape index (κ1) is 23.9. The van der Waals surface area contributed by atoms with Crippen LogP contribution in [0.3, 0.4) is 0 Å². The molecule has 0 bridgehead atoms. The van der Waals surface area contributed by atoms with Gasteiger partial charge in [0.1, 0.15) is 35.5 Å². The van der Waals surface area contributed by atoms with Crippen molar-refractivity contribution in [1.82, 2.24) is 9.99 Å². The van der Waals surface area contributed by atoms with Crippen LogP contribution in [0, 0.1) is 19.7 Å². The van der Waals surface area contributed by atoms with E-state index in [-0.39, 0.29) is 18.2 Å². The first-order valence-electron chi connectivity index (χ1n) is 11.6. The Morgan fingerprint density at radius 2 is 1.76 bits per heavy atom. The van der Waals surface area contributed by atoms with E-state index in [9.17, 15) is 9.18 Å². The van der Waals surface area contributed by atoms with Crippen molar-refractivity contribution in [3.05, 3.63) is 119 Å². The molecule has 0 aliphatic heterocycles. The first-order chi connectivity index (χ1) is 18.0. The summed E-state index contributed by atoms with van der Waals surface area (Å²) >= 11 is 0. The molecule has 3 aromatic heterocycles. The number of furan rings is 2. The molecule has 2 aromatic carbocycles. The van der Waals surface area contributed by atoms with Crippen molar-refractivity contribution in [3.63, 3.8) is 0 Å². The standard InChI is InChI=1S/C29H24FN3O4/c1-19-6-7-20(2)33(19)23-8-10-24(11-9-23)35-18-26-13-15-28(37-26)29(34)32-31-17-25-12-14-27(36-25)21-4-3-5-22(30)16-21/h3-17H,18H2,1-2H3,(H,32,34)/b31-17+. The van der Waals surface area contributed by atoms with Crippen LogP contribution >= 0.6 is 0 Å². The van der Waals surface area contributed by atoms with E-state index in [4.69, 9.17) is 13.6 Å². The van der Waals surface area contributed by atoms with Crippen LogP contribution in [0.2, 0.25) is 0 Å². The number of hydrogen-bond acceptors (Lipinski definition) is 5. The molecule has 186 valence electrons. The van der Waals surface area contributed by atoms with Crippen molar-refractivity contribution in [2.24, 2.45) is 5.10 Å². The number of rotatable bonds is 8. The summed E-state index contributed by atoms with van der Waals surface area (Å²) in [5, 5.41) is 3.90. The van der Waals surface area contributed by atoms with Crippen molar-refractivity contribution >= 4 is 12.1 Å². The Bertz CT molecular complexity index is 1540. The maximum Gasteiger partial charge on any atom is 0.307 e. The van der Waals surface area contributed by atoms with Crippen LogP contribution in [-0.2, 0) is 6.61 Å². The fraction of sp³-hybridized carbons (Fsp3) is 0.103. The zero-order valence-corrected chi connectivity index (χ0v) is 20.3. The summed E-state index contributed by atoms with van der Waals surface area (Å²) in [5.74, 6) is 1.32. The molecule has 0 saturated carbocycles. The van der Waals surface area contributed by atoms with Crippen molar-refractivity contribution < 1.29 is 22.8 Å². The van der Waals surface area contributed by atoms with Crippen LogP contribution in [0.1, 0.15) is 33.5 Å². The molecule has 0 spiro atoms. The minimum absolute atomic E-state index is 0.101. The van der Waals surface area contributed by atoms with E-state index in [1.165, 1.54) is 18.3 Å². The van der Waals surface area contributed by atoms with E-state index in [1.54, 1.807) is 36.4 Å². The molecule has 1 N–H and O–H groups in total. The average Bonchev–Trinajstić information content (AvgIpc) is 3.64. The summed E-state index contributed by atoms with van der Waals surface area (Å²) in [6.07, 6.45) is 1.36. The van der Waals surface area contributed by atoms with E-state index in [0.717, 1.165) is 17.1 Å². The number of aryl methyl sites for hydroxylation is 2. The largest absolute Gasteiger partial charge is 0.486 e. The number of amides is 1. The van der Waals surface area contributed by atoms with E-state index in [0.29, 0.717) is 28.6 Å². The normalized spacial score (nSPS) is 11.2. The monoisotopic (exact) mass is 497 g/mol. The third-order valence-corrected chi connectivity index (χ3v) is 5.73. The molecular formula is C29H24FN3O4. The lowest BCUT2D eigenvalue weighted by molar-refractivity contribution is 0.0923. The van der Waals surface area contributed by atoms with Crippen LogP contribution in [0.25, 0.3) is 17.0 Å². The van der Waals surface area contributed by atoms with Gasteiger partial charge in [-0.25, -0.2) is 9.82 Å². The van der Waals surface area contributed by atoms with Gasteiger partial charge in [0.25, 0.3) is 0 Å². The number of nitrogens with one attached hydrogen (secondary N) is 1. The Hall–Kier alpha value is -4.85. The molecular weight excluding hydrogens is 473 g/mol. The zero-order chi connectivity index (χ0) is 25.8. The van der Waals surface area contributed by atoms with Gasteiger partial charge in [-0.05, 0) is 86.6 Å². The predicted octanol–water partition coefficient (Wildman–Crippen LogP) is 6.43. The highest BCUT2D eigenvalue weighted by Crippen LogP contribution is 2.23. The molecule has 1 amide bonds. The quantitative estimate of drug-likeness (QED) is 0.198. The van der Waals surface area contributed by atoms with Crippen molar-refractivity contribution in [1.29, 1.82) is 0 Å². The van der Waals surface area contributed by atoms with E-state index in [2.05, 4.69) is 41.1 Å². The molecule has 0 saturated heterocycles. The lowest BCUT2D eigenvalue weighted by Gasteiger charge is -2.10. The molecule has 5 aromatic rings. The highest BCUT2D eigenvalue weighted by molar-refractivity contribution is 5.92. The number of carbonyl (C=O) groups is 1. The van der Waals surface area contributed by atoms with Gasteiger partial charge in [0.05, 0.1) is 6.21 Å². The van der Waals surface area contributed by atoms with Crippen LogP contribution in [0.5, 0.6) is 5.75 Å². The topological polar surface area (TPSA) is 81.9 Å². The predicted molar refractivity (Wildman–Crippen MR) is 137 cm³/mol. The van der Waals surface area contributed by atoms with Gasteiger partial charge >= 0.3 is 5.91 Å². The third-order valence-electron chi connectivity index (χ3n) is 5.73. The second kappa shape index (κ2) is 10.4. The Balaban J connectivity index is 1.14. The van der Waals surface area contributed by atoms with Gasteiger partial charge in [-0.3, -0.25) is 4.79 Å². The van der Waals surface area contributed by atoms with E-state index in [1.807, 2.05) is 24.3 Å². The maximum atomic E-state index is 13.4. The number of aromatic nitrogens is 1. The summed E-state index contributed by atoms with van der Waals surface area (Å²) in [4.78, 5) is 12.4. The minimum Gasteiger partial charge on any atom is -0.486 e. The van der Waals surface area contributed by atoms with Gasteiger partial charge in [-0.1, -0.05) is 12.1 Å². The molecule has 0 unspecified atom stereocenters. The maximum absolute atomic E-state index is 13.4. The number of hydrazone groups is 1. The molecule has 0 aliphatic carbocycles. The van der Waals surface area contributed by atoms with Crippen LogP contribution < -0.4 is 10.2 Å². The minimum atomic E-state index is -0.513. The Labute approximate surface area is 212 Å². The summed E-state index contributed by atoms with van der Waals surface area (Å²) in [6.45, 7) is 4.30. The molecule has 8 heteroatoms. The number of nitrogens with zero attached hydrogens (tertiary/aromatic N) is 2. The lowest BCUT2D eigenvalue weighted by Crippen LogP contribution is -2.16. The SMILES string of the molecule is Cc1ccc(C)n1-c1ccc(OCc2ccc(C(=O)N/N=C/c3ccc(-c4cccc(F)c4)o3)o2)cc1. The van der Waals surface area contributed by atoms with Crippen LogP contribution in [0.4, 0.5) is 4.39 Å².